The molecule has 0 aromatic heterocycles. The van der Waals surface area contributed by atoms with E-state index in [2.05, 4.69) is 11.3 Å². The Hall–Kier alpha value is -1.03. The minimum absolute atomic E-state index is 0.583. The van der Waals surface area contributed by atoms with Crippen molar-refractivity contribution in [2.75, 3.05) is 13.7 Å². The van der Waals surface area contributed by atoms with Gasteiger partial charge in [-0.2, -0.15) is 0 Å². The molecule has 4 nitrogen and oxygen atoms in total. The molecule has 0 spiro atoms. The first-order chi connectivity index (χ1) is 4.18. The van der Waals surface area contributed by atoms with E-state index in [9.17, 15) is 0 Å². The smallest absolute Gasteiger partial charge is 0.450 e. The van der Waals surface area contributed by atoms with E-state index in [1.807, 2.05) is 0 Å². The van der Waals surface area contributed by atoms with Crippen molar-refractivity contribution in [1.29, 1.82) is 0 Å². The molecule has 0 bridgehead atoms. The average Bonchev–Trinajstić information content (AvgIpc) is 1.89. The molecule has 0 unspecified atom stereocenters. The van der Waals surface area contributed by atoms with Gasteiger partial charge in [0.1, 0.15) is 0 Å². The van der Waals surface area contributed by atoms with Crippen LogP contribution in [0.5, 0.6) is 0 Å². The number of methoxy groups -OCH3 is 1. The number of nitrogens with two attached hydrogens (primary N) is 1. The zero-order chi connectivity index (χ0) is 7.70. The number of hydrogen-bond acceptors (Lipinski definition) is 3. The van der Waals surface area contributed by atoms with Gasteiger partial charge in [-0.1, -0.05) is 6.08 Å². The number of hydrogen-bond donors (Lipinski definition) is 2. The number of rotatable bonds is 1. The minimum Gasteiger partial charge on any atom is -0.450 e. The van der Waals surface area contributed by atoms with Crippen molar-refractivity contribution in [3.05, 3.63) is 12.7 Å². The van der Waals surface area contributed by atoms with E-state index in [-0.39, 0.29) is 0 Å². The van der Waals surface area contributed by atoms with Crippen molar-refractivity contribution in [1.82, 2.24) is 0 Å². The van der Waals surface area contributed by atoms with Crippen molar-refractivity contribution in [3.8, 4) is 0 Å². The predicted octanol–water partition coefficient (Wildman–Crippen LogP) is 0.442. The molecular formula is C5H11NO3. The number of carbonyl (C=O) groups is 1. The van der Waals surface area contributed by atoms with Crippen molar-refractivity contribution in [2.24, 2.45) is 5.73 Å². The Morgan fingerprint density at radius 3 is 2.22 bits per heavy atom. The fourth-order valence-electron chi connectivity index (χ4n) is 0. The summed E-state index contributed by atoms with van der Waals surface area (Å²) in [6.45, 7) is 3.94. The first-order valence-electron chi connectivity index (χ1n) is 2.26. The Balaban J connectivity index is 0. The Morgan fingerprint density at radius 1 is 2.00 bits per heavy atom. The van der Waals surface area contributed by atoms with Gasteiger partial charge in [-0.3, -0.25) is 0 Å². The maximum absolute atomic E-state index is 9.15. The van der Waals surface area contributed by atoms with E-state index < -0.39 is 6.16 Å². The van der Waals surface area contributed by atoms with Crippen LogP contribution in [0.4, 0.5) is 4.79 Å². The summed E-state index contributed by atoms with van der Waals surface area (Å²) < 4.78 is 3.67. The van der Waals surface area contributed by atoms with Gasteiger partial charge in [0.15, 0.2) is 0 Å². The normalized spacial score (nSPS) is 6.44. The van der Waals surface area contributed by atoms with Crippen LogP contribution in [0, 0.1) is 0 Å². The zero-order valence-corrected chi connectivity index (χ0v) is 5.33. The maximum Gasteiger partial charge on any atom is 0.505 e. The Kier molecular flexibility index (Phi) is 12.1. The molecule has 0 aliphatic carbocycles. The standard InChI is InChI=1S/C3H7N.C2H4O3/c1-2-3-4;1-5-2(3)4/h2H,1,3-4H2;1H3,(H,3,4). The van der Waals surface area contributed by atoms with Crippen LogP contribution in [-0.2, 0) is 4.74 Å². The highest BCUT2D eigenvalue weighted by Crippen LogP contribution is 1.60. The third-order valence-electron chi connectivity index (χ3n) is 0.341. The molecule has 54 valence electrons. The molecule has 0 fully saturated rings. The summed E-state index contributed by atoms with van der Waals surface area (Å²) in [5, 5.41) is 7.50. The molecule has 0 aliphatic heterocycles. The minimum atomic E-state index is -1.25. The first kappa shape index (κ1) is 10.9. The van der Waals surface area contributed by atoms with E-state index in [0.29, 0.717) is 6.54 Å². The van der Waals surface area contributed by atoms with E-state index in [1.54, 1.807) is 6.08 Å². The van der Waals surface area contributed by atoms with Crippen molar-refractivity contribution >= 4 is 6.16 Å². The second kappa shape index (κ2) is 10.1. The third-order valence-corrected chi connectivity index (χ3v) is 0.341. The lowest BCUT2D eigenvalue weighted by Crippen LogP contribution is -1.91. The van der Waals surface area contributed by atoms with Crippen LogP contribution in [0.1, 0.15) is 0 Å². The van der Waals surface area contributed by atoms with E-state index in [4.69, 9.17) is 15.6 Å². The highest BCUT2D eigenvalue weighted by molar-refractivity contribution is 5.56. The van der Waals surface area contributed by atoms with Gasteiger partial charge in [0.25, 0.3) is 0 Å². The van der Waals surface area contributed by atoms with Crippen molar-refractivity contribution in [2.45, 2.75) is 0 Å². The summed E-state index contributed by atoms with van der Waals surface area (Å²) in [7, 11) is 1.10. The molecule has 0 amide bonds. The Morgan fingerprint density at radius 2 is 2.22 bits per heavy atom. The van der Waals surface area contributed by atoms with Crippen LogP contribution in [0.25, 0.3) is 0 Å². The van der Waals surface area contributed by atoms with E-state index in [1.165, 1.54) is 0 Å². The van der Waals surface area contributed by atoms with Crippen LogP contribution in [0.3, 0.4) is 0 Å². The van der Waals surface area contributed by atoms with E-state index in [0.717, 1.165) is 7.11 Å². The molecule has 0 heterocycles. The van der Waals surface area contributed by atoms with Crippen LogP contribution < -0.4 is 5.73 Å². The second-order valence-electron chi connectivity index (χ2n) is 0.994. The monoisotopic (exact) mass is 133 g/mol. The van der Waals surface area contributed by atoms with Gasteiger partial charge in [0, 0.05) is 6.54 Å². The van der Waals surface area contributed by atoms with Gasteiger partial charge < -0.3 is 15.6 Å². The molecule has 0 aromatic carbocycles. The lowest BCUT2D eigenvalue weighted by atomic mass is 10.7. The summed E-state index contributed by atoms with van der Waals surface area (Å²) in [6.07, 6.45) is 0.407. The summed E-state index contributed by atoms with van der Waals surface area (Å²) >= 11 is 0. The molecule has 0 atom stereocenters. The maximum atomic E-state index is 9.15. The van der Waals surface area contributed by atoms with Crippen LogP contribution in [-0.4, -0.2) is 24.9 Å². The van der Waals surface area contributed by atoms with Gasteiger partial charge >= 0.3 is 6.16 Å². The number of ether oxygens (including phenoxy) is 1. The van der Waals surface area contributed by atoms with Gasteiger partial charge in [-0.05, 0) is 0 Å². The molecule has 0 rings (SSSR count). The molecular weight excluding hydrogens is 122 g/mol. The molecule has 0 aromatic rings. The SMILES string of the molecule is C=CCN.COC(=O)O. The van der Waals surface area contributed by atoms with Gasteiger partial charge in [-0.15, -0.1) is 6.58 Å². The lowest BCUT2D eigenvalue weighted by Gasteiger charge is -1.79. The highest BCUT2D eigenvalue weighted by Gasteiger charge is 1.80. The Bertz CT molecular complexity index is 82.3. The molecule has 0 aliphatic rings. The van der Waals surface area contributed by atoms with Gasteiger partial charge in [0.2, 0.25) is 0 Å². The lowest BCUT2D eigenvalue weighted by molar-refractivity contribution is 0.114. The van der Waals surface area contributed by atoms with Crippen LogP contribution in [0.15, 0.2) is 12.7 Å². The third kappa shape index (κ3) is 44.4. The first-order valence-corrected chi connectivity index (χ1v) is 2.26. The summed E-state index contributed by atoms with van der Waals surface area (Å²) in [5.74, 6) is 0. The second-order valence-corrected chi connectivity index (χ2v) is 0.994. The van der Waals surface area contributed by atoms with Gasteiger partial charge in [-0.25, -0.2) is 4.79 Å². The molecule has 0 saturated heterocycles. The van der Waals surface area contributed by atoms with Crippen LogP contribution >= 0.6 is 0 Å². The highest BCUT2D eigenvalue weighted by atomic mass is 16.6. The fourth-order valence-corrected chi connectivity index (χ4v) is 0. The van der Waals surface area contributed by atoms with Crippen molar-refractivity contribution in [3.63, 3.8) is 0 Å². The molecule has 0 saturated carbocycles. The zero-order valence-electron chi connectivity index (χ0n) is 5.33. The molecule has 9 heavy (non-hydrogen) atoms. The largest absolute Gasteiger partial charge is 0.505 e. The van der Waals surface area contributed by atoms with E-state index >= 15 is 0 Å². The summed E-state index contributed by atoms with van der Waals surface area (Å²) in [6, 6.07) is 0. The molecule has 0 radical (unpaired) electrons. The fraction of sp³-hybridized carbons (Fsp3) is 0.400. The summed E-state index contributed by atoms with van der Waals surface area (Å²) in [5.41, 5.74) is 4.91. The topological polar surface area (TPSA) is 72.5 Å². The summed E-state index contributed by atoms with van der Waals surface area (Å²) in [4.78, 5) is 9.15. The van der Waals surface area contributed by atoms with Gasteiger partial charge in [0.05, 0.1) is 7.11 Å². The Labute approximate surface area is 53.9 Å². The van der Waals surface area contributed by atoms with Crippen LogP contribution in [0.2, 0.25) is 0 Å². The quantitative estimate of drug-likeness (QED) is 0.402. The molecule has 4 heteroatoms. The average molecular weight is 133 g/mol. The predicted molar refractivity (Wildman–Crippen MR) is 34.3 cm³/mol. The molecule has 3 N–H and O–H groups in total. The van der Waals surface area contributed by atoms with Crippen molar-refractivity contribution < 1.29 is 14.6 Å². The number of carboxylic acid groups (broad SMARTS) is 1.